The first-order chi connectivity index (χ1) is 12.0. The fraction of sp³-hybridized carbons (Fsp3) is 0.611. The van der Waals surface area contributed by atoms with Gasteiger partial charge in [-0.15, -0.1) is 10.2 Å². The van der Waals surface area contributed by atoms with Crippen LogP contribution in [0.5, 0.6) is 0 Å². The van der Waals surface area contributed by atoms with Crippen molar-refractivity contribution in [2.45, 2.75) is 58.3 Å². The average Bonchev–Trinajstić information content (AvgIpc) is 3.09. The minimum absolute atomic E-state index is 0.139. The zero-order chi connectivity index (χ0) is 17.8. The Balaban J connectivity index is 1.56. The van der Waals surface area contributed by atoms with Crippen molar-refractivity contribution in [2.24, 2.45) is 0 Å². The van der Waals surface area contributed by atoms with E-state index in [1.165, 1.54) is 0 Å². The van der Waals surface area contributed by atoms with Crippen molar-refractivity contribution >= 4 is 5.91 Å². The maximum absolute atomic E-state index is 12.6. The van der Waals surface area contributed by atoms with Gasteiger partial charge in [-0.2, -0.15) is 0 Å². The molecule has 0 N–H and O–H groups in total. The summed E-state index contributed by atoms with van der Waals surface area (Å²) >= 11 is 0. The molecule has 1 amide bonds. The van der Waals surface area contributed by atoms with E-state index in [1.807, 2.05) is 31.7 Å². The molecule has 0 spiro atoms. The van der Waals surface area contributed by atoms with Gasteiger partial charge >= 0.3 is 0 Å². The van der Waals surface area contributed by atoms with Gasteiger partial charge in [-0.05, 0) is 25.8 Å². The SMILES string of the molecule is Cc1nccc([C@@H]2CCCN(C(=O)CCc3nnc(C(C)C)o3)C2)n1. The second kappa shape index (κ2) is 7.72. The highest BCUT2D eigenvalue weighted by atomic mass is 16.4. The third-order valence-electron chi connectivity index (χ3n) is 4.52. The first kappa shape index (κ1) is 17.5. The van der Waals surface area contributed by atoms with Crippen LogP contribution in [-0.4, -0.2) is 44.1 Å². The normalized spacial score (nSPS) is 17.9. The lowest BCUT2D eigenvalue weighted by Crippen LogP contribution is -2.39. The molecule has 0 aromatic carbocycles. The minimum atomic E-state index is 0.139. The van der Waals surface area contributed by atoms with Crippen molar-refractivity contribution in [3.63, 3.8) is 0 Å². The Bertz CT molecular complexity index is 728. The summed E-state index contributed by atoms with van der Waals surface area (Å²) in [6, 6.07) is 1.96. The maximum Gasteiger partial charge on any atom is 0.223 e. The van der Waals surface area contributed by atoms with Gasteiger partial charge in [0.1, 0.15) is 5.82 Å². The molecule has 0 radical (unpaired) electrons. The van der Waals surface area contributed by atoms with Gasteiger partial charge in [-0.1, -0.05) is 13.8 Å². The number of carbonyl (C=O) groups is 1. The molecule has 1 saturated heterocycles. The molecule has 1 fully saturated rings. The van der Waals surface area contributed by atoms with Crippen LogP contribution in [0.4, 0.5) is 0 Å². The maximum atomic E-state index is 12.6. The van der Waals surface area contributed by atoms with Crippen LogP contribution in [0.1, 0.15) is 68.2 Å². The van der Waals surface area contributed by atoms with Gasteiger partial charge in [-0.25, -0.2) is 9.97 Å². The molecule has 0 unspecified atom stereocenters. The number of hydrogen-bond acceptors (Lipinski definition) is 6. The Morgan fingerprint density at radius 2 is 2.24 bits per heavy atom. The van der Waals surface area contributed by atoms with E-state index in [0.717, 1.165) is 37.4 Å². The molecule has 3 heterocycles. The number of aromatic nitrogens is 4. The van der Waals surface area contributed by atoms with E-state index in [-0.39, 0.29) is 17.7 Å². The first-order valence-corrected chi connectivity index (χ1v) is 8.92. The zero-order valence-corrected chi connectivity index (χ0v) is 15.1. The highest BCUT2D eigenvalue weighted by Crippen LogP contribution is 2.26. The van der Waals surface area contributed by atoms with Gasteiger partial charge in [-0.3, -0.25) is 4.79 Å². The quantitative estimate of drug-likeness (QED) is 0.829. The van der Waals surface area contributed by atoms with Crippen LogP contribution in [-0.2, 0) is 11.2 Å². The number of carbonyl (C=O) groups excluding carboxylic acids is 1. The fourth-order valence-corrected chi connectivity index (χ4v) is 3.12. The van der Waals surface area contributed by atoms with Crippen molar-refractivity contribution in [3.05, 3.63) is 35.6 Å². The Labute approximate surface area is 147 Å². The molecule has 1 aliphatic heterocycles. The van der Waals surface area contributed by atoms with Crippen molar-refractivity contribution in [1.29, 1.82) is 0 Å². The summed E-state index contributed by atoms with van der Waals surface area (Å²) in [5.41, 5.74) is 1.03. The smallest absolute Gasteiger partial charge is 0.223 e. The summed E-state index contributed by atoms with van der Waals surface area (Å²) in [5.74, 6) is 2.57. The summed E-state index contributed by atoms with van der Waals surface area (Å²) in [6.45, 7) is 7.43. The largest absolute Gasteiger partial charge is 0.425 e. The van der Waals surface area contributed by atoms with Crippen LogP contribution in [0, 0.1) is 6.92 Å². The molecule has 0 bridgehead atoms. The highest BCUT2D eigenvalue weighted by Gasteiger charge is 2.26. The minimum Gasteiger partial charge on any atom is -0.425 e. The molecular formula is C18H25N5O2. The monoisotopic (exact) mass is 343 g/mol. The Morgan fingerprint density at radius 1 is 1.40 bits per heavy atom. The van der Waals surface area contributed by atoms with E-state index < -0.39 is 0 Å². The van der Waals surface area contributed by atoms with Crippen molar-refractivity contribution in [2.75, 3.05) is 13.1 Å². The lowest BCUT2D eigenvalue weighted by molar-refractivity contribution is -0.132. The van der Waals surface area contributed by atoms with Crippen LogP contribution in [0.2, 0.25) is 0 Å². The van der Waals surface area contributed by atoms with E-state index in [0.29, 0.717) is 24.6 Å². The van der Waals surface area contributed by atoms with Gasteiger partial charge < -0.3 is 9.32 Å². The molecule has 7 nitrogen and oxygen atoms in total. The summed E-state index contributed by atoms with van der Waals surface area (Å²) < 4.78 is 5.58. The molecule has 134 valence electrons. The lowest BCUT2D eigenvalue weighted by atomic mass is 9.94. The second-order valence-electron chi connectivity index (χ2n) is 6.90. The summed E-state index contributed by atoms with van der Waals surface area (Å²) in [4.78, 5) is 23.2. The molecule has 1 atom stereocenters. The van der Waals surface area contributed by atoms with Gasteiger partial charge in [0, 0.05) is 49.7 Å². The number of amides is 1. The molecule has 1 aliphatic rings. The van der Waals surface area contributed by atoms with Crippen molar-refractivity contribution in [1.82, 2.24) is 25.1 Å². The molecule has 25 heavy (non-hydrogen) atoms. The van der Waals surface area contributed by atoms with Crippen LogP contribution in [0.15, 0.2) is 16.7 Å². The molecule has 7 heteroatoms. The third kappa shape index (κ3) is 4.41. The number of aryl methyl sites for hydroxylation is 2. The van der Waals surface area contributed by atoms with Crippen LogP contribution >= 0.6 is 0 Å². The summed E-state index contributed by atoms with van der Waals surface area (Å²) in [7, 11) is 0. The lowest BCUT2D eigenvalue weighted by Gasteiger charge is -2.32. The van der Waals surface area contributed by atoms with Crippen molar-refractivity contribution < 1.29 is 9.21 Å². The molecule has 2 aromatic heterocycles. The fourth-order valence-electron chi connectivity index (χ4n) is 3.12. The average molecular weight is 343 g/mol. The zero-order valence-electron chi connectivity index (χ0n) is 15.1. The topological polar surface area (TPSA) is 85.0 Å². The van der Waals surface area contributed by atoms with Crippen LogP contribution in [0.3, 0.4) is 0 Å². The van der Waals surface area contributed by atoms with E-state index in [1.54, 1.807) is 6.20 Å². The number of rotatable bonds is 5. The van der Waals surface area contributed by atoms with Crippen LogP contribution in [0.25, 0.3) is 0 Å². The van der Waals surface area contributed by atoms with E-state index in [9.17, 15) is 4.79 Å². The van der Waals surface area contributed by atoms with Gasteiger partial charge in [0.05, 0.1) is 0 Å². The summed E-state index contributed by atoms with van der Waals surface area (Å²) in [6.07, 6.45) is 4.74. The predicted molar refractivity (Wildman–Crippen MR) is 92.0 cm³/mol. The summed E-state index contributed by atoms with van der Waals surface area (Å²) in [5, 5.41) is 8.03. The van der Waals surface area contributed by atoms with Gasteiger partial charge in [0.2, 0.25) is 17.7 Å². The number of likely N-dealkylation sites (tertiary alicyclic amines) is 1. The Morgan fingerprint density at radius 3 is 2.96 bits per heavy atom. The Kier molecular flexibility index (Phi) is 5.40. The van der Waals surface area contributed by atoms with E-state index in [2.05, 4.69) is 20.2 Å². The molecule has 3 rings (SSSR count). The molecule has 2 aromatic rings. The molecule has 0 saturated carbocycles. The van der Waals surface area contributed by atoms with Crippen molar-refractivity contribution in [3.8, 4) is 0 Å². The first-order valence-electron chi connectivity index (χ1n) is 8.92. The Hall–Kier alpha value is -2.31. The van der Waals surface area contributed by atoms with Gasteiger partial charge in [0.25, 0.3) is 0 Å². The number of hydrogen-bond donors (Lipinski definition) is 0. The third-order valence-corrected chi connectivity index (χ3v) is 4.52. The van der Waals surface area contributed by atoms with E-state index in [4.69, 9.17) is 4.42 Å². The van der Waals surface area contributed by atoms with Gasteiger partial charge in [0.15, 0.2) is 0 Å². The molecule has 0 aliphatic carbocycles. The number of piperidine rings is 1. The standard InChI is InChI=1S/C18H25N5O2/c1-12(2)18-22-21-16(25-18)6-7-17(24)23-10-4-5-14(11-23)15-8-9-19-13(3)20-15/h8-9,12,14H,4-7,10-11H2,1-3H3/t14-/m1/s1. The predicted octanol–water partition coefficient (Wildman–Crippen LogP) is 2.63. The number of nitrogens with zero attached hydrogens (tertiary/aromatic N) is 5. The molecular weight excluding hydrogens is 318 g/mol. The highest BCUT2D eigenvalue weighted by molar-refractivity contribution is 5.76. The second-order valence-corrected chi connectivity index (χ2v) is 6.90. The van der Waals surface area contributed by atoms with E-state index >= 15 is 0 Å². The van der Waals surface area contributed by atoms with Crippen LogP contribution < -0.4 is 0 Å².